The molecule has 148 valence electrons. The second kappa shape index (κ2) is 9.97. The first-order chi connectivity index (χ1) is 13.7. The highest BCUT2D eigenvalue weighted by Gasteiger charge is 2.21. The minimum Gasteiger partial charge on any atom is -0.333 e. The average Bonchev–Trinajstić information content (AvgIpc) is 2.73. The third-order valence-corrected chi connectivity index (χ3v) is 5.15. The standard InChI is InChI=1S/C22H28N4O2/c1-18(27)26-15-9-5-3-2-4-8-14-25(17-19-10-6-7-11-21(19)26)22(28)20-16-23-12-13-24-20/h6-7,10-13,16H,2-5,8-9,14-15,17H2,1H3. The molecule has 2 heterocycles. The van der Waals surface area contributed by atoms with Gasteiger partial charge in [0.1, 0.15) is 5.69 Å². The topological polar surface area (TPSA) is 66.4 Å². The smallest absolute Gasteiger partial charge is 0.274 e. The van der Waals surface area contributed by atoms with E-state index in [1.54, 1.807) is 19.3 Å². The van der Waals surface area contributed by atoms with E-state index in [-0.39, 0.29) is 11.8 Å². The van der Waals surface area contributed by atoms with Gasteiger partial charge in [0.2, 0.25) is 5.91 Å². The van der Waals surface area contributed by atoms with E-state index in [0.717, 1.165) is 49.8 Å². The molecule has 0 atom stereocenters. The highest BCUT2D eigenvalue weighted by molar-refractivity contribution is 5.93. The Balaban J connectivity index is 1.92. The monoisotopic (exact) mass is 380 g/mol. The molecule has 0 N–H and O–H groups in total. The number of fused-ring (bicyclic) bond motifs is 1. The molecule has 1 aliphatic rings. The summed E-state index contributed by atoms with van der Waals surface area (Å²) in [6.07, 6.45) is 11.1. The zero-order valence-electron chi connectivity index (χ0n) is 16.5. The van der Waals surface area contributed by atoms with Gasteiger partial charge in [0.25, 0.3) is 5.91 Å². The van der Waals surface area contributed by atoms with Gasteiger partial charge in [-0.3, -0.25) is 14.6 Å². The minimum atomic E-state index is -0.118. The first kappa shape index (κ1) is 20.0. The van der Waals surface area contributed by atoms with Gasteiger partial charge in [-0.15, -0.1) is 0 Å². The molecule has 0 saturated carbocycles. The average molecular weight is 380 g/mol. The lowest BCUT2D eigenvalue weighted by atomic mass is 10.1. The summed E-state index contributed by atoms with van der Waals surface area (Å²) >= 11 is 0. The quantitative estimate of drug-likeness (QED) is 0.754. The van der Waals surface area contributed by atoms with Gasteiger partial charge < -0.3 is 9.80 Å². The Morgan fingerprint density at radius 3 is 2.36 bits per heavy atom. The number of para-hydroxylation sites is 1. The van der Waals surface area contributed by atoms with Crippen LogP contribution in [0.1, 0.15) is 61.5 Å². The Bertz CT molecular complexity index is 794. The number of hydrogen-bond donors (Lipinski definition) is 0. The molecule has 0 aliphatic carbocycles. The summed E-state index contributed by atoms with van der Waals surface area (Å²) in [5, 5.41) is 0. The molecular formula is C22H28N4O2. The lowest BCUT2D eigenvalue weighted by Crippen LogP contribution is -2.34. The second-order valence-corrected chi connectivity index (χ2v) is 7.24. The molecular weight excluding hydrogens is 352 g/mol. The highest BCUT2D eigenvalue weighted by Crippen LogP contribution is 2.24. The number of carbonyl (C=O) groups excluding carboxylic acids is 2. The SMILES string of the molecule is CC(=O)N1CCCCCCCCN(C(=O)c2cnccn2)Cc2ccccc21. The van der Waals surface area contributed by atoms with E-state index in [0.29, 0.717) is 25.3 Å². The molecule has 28 heavy (non-hydrogen) atoms. The molecule has 1 aromatic carbocycles. The summed E-state index contributed by atoms with van der Waals surface area (Å²) in [6.45, 7) is 3.45. The zero-order valence-corrected chi connectivity index (χ0v) is 16.5. The Labute approximate surface area is 166 Å². The Morgan fingerprint density at radius 1 is 0.929 bits per heavy atom. The first-order valence-corrected chi connectivity index (χ1v) is 10.1. The van der Waals surface area contributed by atoms with Crippen molar-refractivity contribution in [1.29, 1.82) is 0 Å². The van der Waals surface area contributed by atoms with E-state index in [1.807, 2.05) is 34.1 Å². The molecule has 0 saturated heterocycles. The molecule has 1 aliphatic heterocycles. The van der Waals surface area contributed by atoms with Crippen molar-refractivity contribution < 1.29 is 9.59 Å². The number of benzene rings is 1. The Kier molecular flexibility index (Phi) is 7.12. The van der Waals surface area contributed by atoms with Crippen molar-refractivity contribution in [3.8, 4) is 0 Å². The van der Waals surface area contributed by atoms with Crippen LogP contribution in [0.3, 0.4) is 0 Å². The van der Waals surface area contributed by atoms with Crippen molar-refractivity contribution in [2.45, 2.75) is 52.0 Å². The third kappa shape index (κ3) is 5.15. The van der Waals surface area contributed by atoms with E-state index in [9.17, 15) is 9.59 Å². The molecule has 0 spiro atoms. The van der Waals surface area contributed by atoms with Crippen LogP contribution in [0, 0.1) is 0 Å². The van der Waals surface area contributed by atoms with Crippen molar-refractivity contribution in [2.24, 2.45) is 0 Å². The molecule has 1 aromatic heterocycles. The maximum atomic E-state index is 13.1. The zero-order chi connectivity index (χ0) is 19.8. The van der Waals surface area contributed by atoms with E-state index >= 15 is 0 Å². The van der Waals surface area contributed by atoms with Gasteiger partial charge in [0.15, 0.2) is 0 Å². The highest BCUT2D eigenvalue weighted by atomic mass is 16.2. The van der Waals surface area contributed by atoms with Gasteiger partial charge in [0.05, 0.1) is 6.20 Å². The van der Waals surface area contributed by atoms with Crippen molar-refractivity contribution in [2.75, 3.05) is 18.0 Å². The van der Waals surface area contributed by atoms with E-state index in [2.05, 4.69) is 9.97 Å². The molecule has 0 radical (unpaired) electrons. The fourth-order valence-electron chi connectivity index (χ4n) is 3.66. The van der Waals surface area contributed by atoms with Crippen LogP contribution in [0.4, 0.5) is 5.69 Å². The normalized spacial score (nSPS) is 16.3. The van der Waals surface area contributed by atoms with Crippen molar-refractivity contribution >= 4 is 17.5 Å². The maximum Gasteiger partial charge on any atom is 0.274 e. The van der Waals surface area contributed by atoms with Crippen LogP contribution in [0.2, 0.25) is 0 Å². The summed E-state index contributed by atoms with van der Waals surface area (Å²) in [4.78, 5) is 37.3. The van der Waals surface area contributed by atoms with Crippen molar-refractivity contribution in [3.05, 3.63) is 54.1 Å². The Hall–Kier alpha value is -2.76. The molecule has 0 bridgehead atoms. The van der Waals surface area contributed by atoms with Crippen LogP contribution in [-0.2, 0) is 11.3 Å². The van der Waals surface area contributed by atoms with E-state index < -0.39 is 0 Å². The van der Waals surface area contributed by atoms with E-state index in [1.165, 1.54) is 6.20 Å². The largest absolute Gasteiger partial charge is 0.333 e. The van der Waals surface area contributed by atoms with Crippen LogP contribution in [0.5, 0.6) is 0 Å². The first-order valence-electron chi connectivity index (χ1n) is 10.1. The van der Waals surface area contributed by atoms with E-state index in [4.69, 9.17) is 0 Å². The number of nitrogens with zero attached hydrogens (tertiary/aromatic N) is 4. The number of anilines is 1. The van der Waals surface area contributed by atoms with Gasteiger partial charge in [-0.2, -0.15) is 0 Å². The fourth-order valence-corrected chi connectivity index (χ4v) is 3.66. The number of hydrogen-bond acceptors (Lipinski definition) is 4. The maximum absolute atomic E-state index is 13.1. The number of carbonyl (C=O) groups is 2. The predicted octanol–water partition coefficient (Wildman–Crippen LogP) is 3.83. The molecule has 2 amide bonds. The fraction of sp³-hybridized carbons (Fsp3) is 0.455. The molecule has 0 unspecified atom stereocenters. The van der Waals surface area contributed by atoms with Gasteiger partial charge in [-0.25, -0.2) is 4.98 Å². The summed E-state index contributed by atoms with van der Waals surface area (Å²) in [6, 6.07) is 7.88. The Morgan fingerprint density at radius 2 is 1.64 bits per heavy atom. The summed E-state index contributed by atoms with van der Waals surface area (Å²) in [5.41, 5.74) is 2.23. The summed E-state index contributed by atoms with van der Waals surface area (Å²) < 4.78 is 0. The summed E-state index contributed by atoms with van der Waals surface area (Å²) in [5.74, 6) is -0.0822. The molecule has 0 fully saturated rings. The van der Waals surface area contributed by atoms with Gasteiger partial charge in [-0.1, -0.05) is 43.9 Å². The van der Waals surface area contributed by atoms with Gasteiger partial charge >= 0.3 is 0 Å². The van der Waals surface area contributed by atoms with Crippen LogP contribution < -0.4 is 4.90 Å². The van der Waals surface area contributed by atoms with Crippen LogP contribution in [0.15, 0.2) is 42.9 Å². The van der Waals surface area contributed by atoms with Gasteiger partial charge in [-0.05, 0) is 24.5 Å². The molecule has 3 rings (SSSR count). The number of rotatable bonds is 1. The number of amides is 2. The molecule has 6 heteroatoms. The number of aromatic nitrogens is 2. The third-order valence-electron chi connectivity index (χ3n) is 5.15. The van der Waals surface area contributed by atoms with Crippen LogP contribution >= 0.6 is 0 Å². The van der Waals surface area contributed by atoms with Crippen molar-refractivity contribution in [1.82, 2.24) is 14.9 Å². The van der Waals surface area contributed by atoms with Gasteiger partial charge in [0, 0.05) is 44.6 Å². The lowest BCUT2D eigenvalue weighted by Gasteiger charge is -2.27. The van der Waals surface area contributed by atoms with Crippen LogP contribution in [0.25, 0.3) is 0 Å². The molecule has 2 aromatic rings. The van der Waals surface area contributed by atoms with Crippen LogP contribution in [-0.4, -0.2) is 39.8 Å². The summed E-state index contributed by atoms with van der Waals surface area (Å²) in [7, 11) is 0. The predicted molar refractivity (Wildman–Crippen MR) is 109 cm³/mol. The lowest BCUT2D eigenvalue weighted by molar-refractivity contribution is -0.116. The van der Waals surface area contributed by atoms with Crippen molar-refractivity contribution in [3.63, 3.8) is 0 Å². The second-order valence-electron chi connectivity index (χ2n) is 7.24. The minimum absolute atomic E-state index is 0.0362. The molecule has 6 nitrogen and oxygen atoms in total.